The fraction of sp³-hybridized carbons (Fsp3) is 0.233. The number of nitrogens with one attached hydrogen (secondary N) is 1. The molecule has 0 saturated carbocycles. The maximum atomic E-state index is 14.3. The lowest BCUT2D eigenvalue weighted by Gasteiger charge is -2.12. The molecule has 0 spiro atoms. The molecule has 192 valence electrons. The highest BCUT2D eigenvalue weighted by Gasteiger charge is 2.28. The lowest BCUT2D eigenvalue weighted by Crippen LogP contribution is -2.16. The molecule has 0 radical (unpaired) electrons. The lowest BCUT2D eigenvalue weighted by atomic mass is 9.95. The van der Waals surface area contributed by atoms with Gasteiger partial charge in [0.05, 0.1) is 18.7 Å². The quantitative estimate of drug-likeness (QED) is 0.169. The van der Waals surface area contributed by atoms with Gasteiger partial charge in [0, 0.05) is 33.1 Å². The number of esters is 1. The summed E-state index contributed by atoms with van der Waals surface area (Å²) >= 11 is 1.38. The van der Waals surface area contributed by atoms with Gasteiger partial charge in [-0.1, -0.05) is 36.4 Å². The fourth-order valence-electron chi connectivity index (χ4n) is 4.88. The first-order chi connectivity index (χ1) is 18.5. The number of carbonyl (C=O) groups excluding carboxylic acids is 2. The number of nitriles is 1. The molecule has 4 aromatic rings. The molecule has 1 aliphatic carbocycles. The summed E-state index contributed by atoms with van der Waals surface area (Å²) in [4.78, 5) is 27.1. The van der Waals surface area contributed by atoms with Crippen LogP contribution in [0.1, 0.15) is 51.7 Å². The zero-order chi connectivity index (χ0) is 26.6. The monoisotopic (exact) mass is 527 g/mol. The number of halogens is 1. The molecule has 0 saturated heterocycles. The van der Waals surface area contributed by atoms with E-state index < -0.39 is 11.9 Å². The van der Waals surface area contributed by atoms with Crippen molar-refractivity contribution in [3.05, 3.63) is 93.2 Å². The number of aryl methyl sites for hydroxylation is 1. The number of nitrogens with zero attached hydrogens (tertiary/aromatic N) is 2. The molecule has 0 unspecified atom stereocenters. The Kier molecular flexibility index (Phi) is 7.38. The summed E-state index contributed by atoms with van der Waals surface area (Å²) in [7, 11) is 0. The fourth-order valence-corrected chi connectivity index (χ4v) is 6.15. The number of carbonyl (C=O) groups is 2. The number of rotatable bonds is 7. The summed E-state index contributed by atoms with van der Waals surface area (Å²) in [5.41, 5.74) is 3.30. The molecule has 5 rings (SSSR count). The predicted molar refractivity (Wildman–Crippen MR) is 147 cm³/mol. The second-order valence-electron chi connectivity index (χ2n) is 9.08. The average Bonchev–Trinajstić information content (AvgIpc) is 3.46. The Labute approximate surface area is 224 Å². The second-order valence-corrected chi connectivity index (χ2v) is 10.2. The number of hydrogen-bond acceptors (Lipinski definition) is 5. The van der Waals surface area contributed by atoms with Crippen LogP contribution in [0.3, 0.4) is 0 Å². The molecule has 1 amide bonds. The van der Waals surface area contributed by atoms with Crippen molar-refractivity contribution in [2.75, 3.05) is 11.9 Å². The van der Waals surface area contributed by atoms with Crippen molar-refractivity contribution in [3.8, 4) is 6.07 Å². The maximum absolute atomic E-state index is 14.3. The van der Waals surface area contributed by atoms with E-state index in [-0.39, 0.29) is 18.0 Å². The number of hydrogen-bond donors (Lipinski definition) is 1. The standard InChI is InChI=1S/C30H26FN3O3S/c1-2-37-30(36)27-23-11-5-8-14-26(23)38-29(27)33-28(35)20(16-32)15-21-18-34(25-13-7-4-10-22(21)25)17-19-9-3-6-12-24(19)31/h3-4,6-7,9-10,12-13,15,18H,2,5,8,11,14,17H2,1H3,(H,33,35). The second kappa shape index (κ2) is 11.0. The summed E-state index contributed by atoms with van der Waals surface area (Å²) < 4.78 is 21.5. The highest BCUT2D eigenvalue weighted by molar-refractivity contribution is 7.17. The Balaban J connectivity index is 1.48. The zero-order valence-electron chi connectivity index (χ0n) is 20.9. The van der Waals surface area contributed by atoms with E-state index >= 15 is 0 Å². The van der Waals surface area contributed by atoms with Crippen molar-refractivity contribution in [1.82, 2.24) is 4.57 Å². The number of para-hydroxylation sites is 1. The van der Waals surface area contributed by atoms with Gasteiger partial charge < -0.3 is 14.6 Å². The molecule has 38 heavy (non-hydrogen) atoms. The topological polar surface area (TPSA) is 84.1 Å². The minimum atomic E-state index is -0.595. The number of aromatic nitrogens is 1. The van der Waals surface area contributed by atoms with E-state index in [1.807, 2.05) is 41.1 Å². The van der Waals surface area contributed by atoms with Crippen LogP contribution in [0.4, 0.5) is 9.39 Å². The predicted octanol–water partition coefficient (Wildman–Crippen LogP) is 6.49. The minimum Gasteiger partial charge on any atom is -0.462 e. The summed E-state index contributed by atoms with van der Waals surface area (Å²) in [6.07, 6.45) is 6.97. The first-order valence-electron chi connectivity index (χ1n) is 12.6. The third-order valence-corrected chi connectivity index (χ3v) is 7.87. The van der Waals surface area contributed by atoms with Crippen molar-refractivity contribution in [1.29, 1.82) is 5.26 Å². The van der Waals surface area contributed by atoms with Crippen molar-refractivity contribution in [3.63, 3.8) is 0 Å². The van der Waals surface area contributed by atoms with Crippen molar-refractivity contribution in [2.24, 2.45) is 0 Å². The van der Waals surface area contributed by atoms with E-state index in [1.165, 1.54) is 23.5 Å². The first-order valence-corrected chi connectivity index (χ1v) is 13.4. The van der Waals surface area contributed by atoms with Gasteiger partial charge in [-0.3, -0.25) is 4.79 Å². The van der Waals surface area contributed by atoms with Crippen LogP contribution < -0.4 is 5.32 Å². The van der Waals surface area contributed by atoms with Crippen molar-refractivity contribution in [2.45, 2.75) is 39.2 Å². The van der Waals surface area contributed by atoms with Gasteiger partial charge >= 0.3 is 5.97 Å². The van der Waals surface area contributed by atoms with Crippen LogP contribution in [0.5, 0.6) is 0 Å². The molecular formula is C30H26FN3O3S. The van der Waals surface area contributed by atoms with Gasteiger partial charge in [-0.05, 0) is 56.4 Å². The normalized spacial score (nSPS) is 13.1. The van der Waals surface area contributed by atoms with Crippen LogP contribution in [0.2, 0.25) is 0 Å². The van der Waals surface area contributed by atoms with Gasteiger partial charge in [0.2, 0.25) is 0 Å². The van der Waals surface area contributed by atoms with Gasteiger partial charge in [0.15, 0.2) is 0 Å². The van der Waals surface area contributed by atoms with Gasteiger partial charge in [-0.25, -0.2) is 9.18 Å². The summed E-state index contributed by atoms with van der Waals surface area (Å²) in [5.74, 6) is -1.35. The van der Waals surface area contributed by atoms with Crippen LogP contribution in [-0.4, -0.2) is 23.1 Å². The Hall–Kier alpha value is -4.22. The highest BCUT2D eigenvalue weighted by atomic mass is 32.1. The van der Waals surface area contributed by atoms with Crippen LogP contribution in [0.25, 0.3) is 17.0 Å². The number of ether oxygens (including phenoxy) is 1. The Morgan fingerprint density at radius 3 is 2.71 bits per heavy atom. The van der Waals surface area contributed by atoms with Gasteiger partial charge in [0.1, 0.15) is 22.5 Å². The number of thiophene rings is 1. The molecule has 0 atom stereocenters. The van der Waals surface area contributed by atoms with Crippen molar-refractivity contribution < 1.29 is 18.7 Å². The maximum Gasteiger partial charge on any atom is 0.341 e. The first kappa shape index (κ1) is 25.4. The molecule has 1 N–H and O–H groups in total. The summed E-state index contributed by atoms with van der Waals surface area (Å²) in [5, 5.41) is 14.0. The van der Waals surface area contributed by atoms with Crippen LogP contribution in [0, 0.1) is 17.1 Å². The van der Waals surface area contributed by atoms with E-state index in [1.54, 1.807) is 25.1 Å². The van der Waals surface area contributed by atoms with Crippen LogP contribution >= 0.6 is 11.3 Å². The molecule has 0 bridgehead atoms. The number of benzene rings is 2. The molecule has 8 heteroatoms. The molecule has 6 nitrogen and oxygen atoms in total. The van der Waals surface area contributed by atoms with Crippen LogP contribution in [0.15, 0.2) is 60.3 Å². The molecule has 2 aromatic heterocycles. The van der Waals surface area contributed by atoms with Gasteiger partial charge in [0.25, 0.3) is 5.91 Å². The van der Waals surface area contributed by atoms with E-state index in [4.69, 9.17) is 4.74 Å². The third kappa shape index (κ3) is 4.98. The van der Waals surface area contributed by atoms with Gasteiger partial charge in [-0.2, -0.15) is 5.26 Å². The Morgan fingerprint density at radius 2 is 1.92 bits per heavy atom. The lowest BCUT2D eigenvalue weighted by molar-refractivity contribution is -0.112. The van der Waals surface area contributed by atoms with E-state index in [0.717, 1.165) is 47.0 Å². The molecule has 1 aliphatic rings. The Bertz CT molecular complexity index is 1610. The molecule has 2 heterocycles. The van der Waals surface area contributed by atoms with Crippen molar-refractivity contribution >= 4 is 45.2 Å². The molecule has 0 fully saturated rings. The number of amides is 1. The molecule has 2 aromatic carbocycles. The highest BCUT2D eigenvalue weighted by Crippen LogP contribution is 2.39. The number of fused-ring (bicyclic) bond motifs is 2. The summed E-state index contributed by atoms with van der Waals surface area (Å²) in [6, 6.07) is 16.2. The van der Waals surface area contributed by atoms with E-state index in [9.17, 15) is 19.2 Å². The largest absolute Gasteiger partial charge is 0.462 e. The van der Waals surface area contributed by atoms with Gasteiger partial charge in [-0.15, -0.1) is 11.3 Å². The minimum absolute atomic E-state index is 0.0972. The zero-order valence-corrected chi connectivity index (χ0v) is 21.7. The Morgan fingerprint density at radius 1 is 1.16 bits per heavy atom. The van der Waals surface area contributed by atoms with E-state index in [2.05, 4.69) is 5.32 Å². The number of anilines is 1. The van der Waals surface area contributed by atoms with Crippen LogP contribution in [-0.2, 0) is 28.9 Å². The SMILES string of the molecule is CCOC(=O)c1c(NC(=O)C(C#N)=Cc2cn(Cc3ccccc3F)c3ccccc23)sc2c1CCCC2. The summed E-state index contributed by atoms with van der Waals surface area (Å²) in [6.45, 7) is 2.28. The molecule has 0 aliphatic heterocycles. The smallest absolute Gasteiger partial charge is 0.341 e. The average molecular weight is 528 g/mol. The van der Waals surface area contributed by atoms with E-state index in [0.29, 0.717) is 28.2 Å². The molecular weight excluding hydrogens is 501 g/mol. The third-order valence-electron chi connectivity index (χ3n) is 6.66.